The monoisotopic (exact) mass is 318 g/mol. The summed E-state index contributed by atoms with van der Waals surface area (Å²) in [4.78, 5) is 23.3. The van der Waals surface area contributed by atoms with Crippen LogP contribution in [-0.4, -0.2) is 24.0 Å². The largest absolute Gasteiger partial charge is 0.452 e. The molecule has 1 aromatic carbocycles. The Labute approximate surface area is 127 Å². The average molecular weight is 319 g/mol. The summed E-state index contributed by atoms with van der Waals surface area (Å²) >= 11 is 11.6. The summed E-state index contributed by atoms with van der Waals surface area (Å²) in [5, 5.41) is 3.00. The quantitative estimate of drug-likeness (QED) is 0.663. The van der Waals surface area contributed by atoms with Crippen LogP contribution < -0.4 is 11.1 Å². The molecule has 0 saturated heterocycles. The van der Waals surface area contributed by atoms with Crippen molar-refractivity contribution in [1.29, 1.82) is 0 Å². The topological polar surface area (TPSA) is 81.4 Å². The molecule has 7 heteroatoms. The van der Waals surface area contributed by atoms with Gasteiger partial charge < -0.3 is 15.8 Å². The van der Waals surface area contributed by atoms with Gasteiger partial charge in [-0.3, -0.25) is 4.79 Å². The molecule has 0 spiro atoms. The molecule has 1 aromatic rings. The van der Waals surface area contributed by atoms with E-state index in [0.29, 0.717) is 0 Å². The van der Waals surface area contributed by atoms with Crippen molar-refractivity contribution in [2.24, 2.45) is 0 Å². The third-order valence-corrected chi connectivity index (χ3v) is 2.96. The first-order valence-corrected chi connectivity index (χ1v) is 6.58. The van der Waals surface area contributed by atoms with E-state index in [9.17, 15) is 9.59 Å². The number of nitrogens with two attached hydrogens (primary N) is 1. The number of carbonyl (C=O) groups excluding carboxylic acids is 2. The van der Waals surface area contributed by atoms with Crippen LogP contribution in [0, 0.1) is 0 Å². The van der Waals surface area contributed by atoms with E-state index in [1.54, 1.807) is 0 Å². The number of benzene rings is 1. The van der Waals surface area contributed by atoms with Crippen molar-refractivity contribution in [3.63, 3.8) is 0 Å². The molecule has 0 heterocycles. The Balaban J connectivity index is 2.66. The summed E-state index contributed by atoms with van der Waals surface area (Å²) in [6, 6.07) is 2.68. The van der Waals surface area contributed by atoms with E-state index < -0.39 is 11.5 Å². The molecule has 110 valence electrons. The third-order valence-electron chi connectivity index (χ3n) is 2.14. The lowest BCUT2D eigenvalue weighted by Crippen LogP contribution is -2.42. The predicted molar refractivity (Wildman–Crippen MR) is 79.1 cm³/mol. The van der Waals surface area contributed by atoms with Gasteiger partial charge in [0.1, 0.15) is 0 Å². The minimum absolute atomic E-state index is 0.139. The highest BCUT2D eigenvalue weighted by atomic mass is 35.5. The number of hydrogen-bond donors (Lipinski definition) is 2. The Bertz CT molecular complexity index is 516. The smallest absolute Gasteiger partial charge is 0.338 e. The van der Waals surface area contributed by atoms with Crippen LogP contribution >= 0.6 is 23.2 Å². The van der Waals surface area contributed by atoms with Gasteiger partial charge in [-0.2, -0.15) is 0 Å². The highest BCUT2D eigenvalue weighted by molar-refractivity contribution is 6.43. The number of anilines is 1. The highest BCUT2D eigenvalue weighted by Crippen LogP contribution is 2.29. The summed E-state index contributed by atoms with van der Waals surface area (Å²) in [6.45, 7) is 5.10. The van der Waals surface area contributed by atoms with Crippen LogP contribution in [0.4, 0.5) is 5.69 Å². The molecule has 0 aromatic heterocycles. The molecule has 0 aliphatic rings. The maximum atomic E-state index is 11.8. The number of carbonyl (C=O) groups is 2. The van der Waals surface area contributed by atoms with Gasteiger partial charge >= 0.3 is 5.97 Å². The number of nitrogen functional groups attached to an aromatic ring is 1. The molecule has 0 bridgehead atoms. The fourth-order valence-electron chi connectivity index (χ4n) is 1.40. The normalized spacial score (nSPS) is 11.1. The van der Waals surface area contributed by atoms with Crippen LogP contribution in [-0.2, 0) is 9.53 Å². The molecule has 0 atom stereocenters. The van der Waals surface area contributed by atoms with Crippen LogP contribution in [0.15, 0.2) is 12.1 Å². The van der Waals surface area contributed by atoms with E-state index in [1.807, 2.05) is 20.8 Å². The molecular formula is C13H16Cl2N2O3. The Morgan fingerprint density at radius 3 is 2.40 bits per heavy atom. The minimum Gasteiger partial charge on any atom is -0.452 e. The van der Waals surface area contributed by atoms with Crippen molar-refractivity contribution in [1.82, 2.24) is 5.32 Å². The van der Waals surface area contributed by atoms with Gasteiger partial charge in [-0.1, -0.05) is 23.2 Å². The van der Waals surface area contributed by atoms with Gasteiger partial charge in [0.05, 0.1) is 21.3 Å². The molecule has 20 heavy (non-hydrogen) atoms. The number of rotatable bonds is 3. The number of halogens is 2. The second-order valence-corrected chi connectivity index (χ2v) is 6.02. The molecular weight excluding hydrogens is 303 g/mol. The first-order chi connectivity index (χ1) is 9.10. The zero-order chi connectivity index (χ0) is 15.5. The zero-order valence-corrected chi connectivity index (χ0v) is 12.9. The molecule has 5 nitrogen and oxygen atoms in total. The van der Waals surface area contributed by atoms with Gasteiger partial charge in [0, 0.05) is 5.54 Å². The minimum atomic E-state index is -0.695. The lowest BCUT2D eigenvalue weighted by Gasteiger charge is -2.20. The number of ether oxygens (including phenoxy) is 1. The molecule has 0 unspecified atom stereocenters. The van der Waals surface area contributed by atoms with E-state index in [0.717, 1.165) is 0 Å². The molecule has 1 rings (SSSR count). The molecule has 0 fully saturated rings. The van der Waals surface area contributed by atoms with Crippen molar-refractivity contribution < 1.29 is 14.3 Å². The van der Waals surface area contributed by atoms with Gasteiger partial charge in [-0.05, 0) is 32.9 Å². The SMILES string of the molecule is CC(C)(C)NC(=O)COC(=O)c1cc(N)c(Cl)c(Cl)c1. The number of nitrogens with one attached hydrogen (secondary N) is 1. The maximum Gasteiger partial charge on any atom is 0.338 e. The molecule has 0 saturated carbocycles. The second-order valence-electron chi connectivity index (χ2n) is 5.24. The van der Waals surface area contributed by atoms with Crippen LogP contribution in [0.2, 0.25) is 10.0 Å². The van der Waals surface area contributed by atoms with Gasteiger partial charge in [0.15, 0.2) is 6.61 Å². The van der Waals surface area contributed by atoms with Gasteiger partial charge in [0.25, 0.3) is 5.91 Å². The zero-order valence-electron chi connectivity index (χ0n) is 11.4. The maximum absolute atomic E-state index is 11.8. The predicted octanol–water partition coefficient (Wildman–Crippen LogP) is 2.65. The van der Waals surface area contributed by atoms with Crippen LogP contribution in [0.5, 0.6) is 0 Å². The first-order valence-electron chi connectivity index (χ1n) is 5.83. The fraction of sp³-hybridized carbons (Fsp3) is 0.385. The standard InChI is InChI=1S/C13H16Cl2N2O3/c1-13(2,3)17-10(18)6-20-12(19)7-4-8(14)11(15)9(16)5-7/h4-5H,6,16H2,1-3H3,(H,17,18). The van der Waals surface area contributed by atoms with E-state index >= 15 is 0 Å². The van der Waals surface area contributed by atoms with Crippen molar-refractivity contribution in [2.45, 2.75) is 26.3 Å². The van der Waals surface area contributed by atoms with Crippen LogP contribution in [0.25, 0.3) is 0 Å². The van der Waals surface area contributed by atoms with Crippen molar-refractivity contribution in [3.8, 4) is 0 Å². The highest BCUT2D eigenvalue weighted by Gasteiger charge is 2.17. The Hall–Kier alpha value is -1.46. The first kappa shape index (κ1) is 16.6. The van der Waals surface area contributed by atoms with Crippen molar-refractivity contribution in [2.75, 3.05) is 12.3 Å². The number of esters is 1. The molecule has 3 N–H and O–H groups in total. The fourth-order valence-corrected chi connectivity index (χ4v) is 1.73. The Morgan fingerprint density at radius 2 is 1.90 bits per heavy atom. The number of hydrogen-bond acceptors (Lipinski definition) is 4. The van der Waals surface area contributed by atoms with Crippen LogP contribution in [0.1, 0.15) is 31.1 Å². The van der Waals surface area contributed by atoms with Gasteiger partial charge in [0.2, 0.25) is 0 Å². The summed E-state index contributed by atoms with van der Waals surface area (Å²) in [7, 11) is 0. The van der Waals surface area contributed by atoms with Crippen molar-refractivity contribution in [3.05, 3.63) is 27.7 Å². The van der Waals surface area contributed by atoms with E-state index in [1.165, 1.54) is 12.1 Å². The summed E-state index contributed by atoms with van der Waals surface area (Å²) in [5.74, 6) is -1.08. The average Bonchev–Trinajstić information content (AvgIpc) is 2.30. The van der Waals surface area contributed by atoms with Gasteiger partial charge in [-0.15, -0.1) is 0 Å². The van der Waals surface area contributed by atoms with E-state index in [-0.39, 0.29) is 33.8 Å². The van der Waals surface area contributed by atoms with Crippen LogP contribution in [0.3, 0.4) is 0 Å². The van der Waals surface area contributed by atoms with E-state index in [2.05, 4.69) is 5.32 Å². The van der Waals surface area contributed by atoms with E-state index in [4.69, 9.17) is 33.7 Å². The van der Waals surface area contributed by atoms with Crippen molar-refractivity contribution >= 4 is 40.8 Å². The molecule has 0 aliphatic heterocycles. The lowest BCUT2D eigenvalue weighted by atomic mass is 10.1. The Kier molecular flexibility index (Phi) is 5.25. The third kappa shape index (κ3) is 4.90. The molecule has 0 radical (unpaired) electrons. The molecule has 1 amide bonds. The number of amides is 1. The summed E-state index contributed by atoms with van der Waals surface area (Å²) < 4.78 is 4.88. The lowest BCUT2D eigenvalue weighted by molar-refractivity contribution is -0.125. The Morgan fingerprint density at radius 1 is 1.30 bits per heavy atom. The second kappa shape index (κ2) is 6.33. The van der Waals surface area contributed by atoms with Gasteiger partial charge in [-0.25, -0.2) is 4.79 Å². The molecule has 0 aliphatic carbocycles. The summed E-state index contributed by atoms with van der Waals surface area (Å²) in [5.41, 5.74) is 5.51. The summed E-state index contributed by atoms with van der Waals surface area (Å²) in [6.07, 6.45) is 0.